The van der Waals surface area contributed by atoms with Crippen LogP contribution in [0.3, 0.4) is 0 Å². The third-order valence-electron chi connectivity index (χ3n) is 6.15. The van der Waals surface area contributed by atoms with Crippen molar-refractivity contribution >= 4 is 22.7 Å². The summed E-state index contributed by atoms with van der Waals surface area (Å²) in [4.78, 5) is 18.8. The lowest BCUT2D eigenvalue weighted by Crippen LogP contribution is -2.04. The number of anilines is 2. The Morgan fingerprint density at radius 2 is 1.75 bits per heavy atom. The van der Waals surface area contributed by atoms with Crippen LogP contribution in [0.4, 0.5) is 29.2 Å². The van der Waals surface area contributed by atoms with Crippen LogP contribution in [0, 0.1) is 5.82 Å². The molecule has 0 spiro atoms. The average molecular weight is 546 g/mol. The van der Waals surface area contributed by atoms with Gasteiger partial charge >= 0.3 is 6.18 Å². The van der Waals surface area contributed by atoms with Crippen LogP contribution < -0.4 is 10.1 Å². The van der Waals surface area contributed by atoms with Gasteiger partial charge < -0.3 is 19.6 Å². The molecular weight excluding hydrogens is 526 g/mol. The Balaban J connectivity index is 1.25. The number of H-pyrrole nitrogens is 1. The largest absolute Gasteiger partial charge is 0.457 e. The molecule has 0 amide bonds. The van der Waals surface area contributed by atoms with Gasteiger partial charge in [0.15, 0.2) is 5.82 Å². The molecular formula is C28H19F4N7O. The highest BCUT2D eigenvalue weighted by molar-refractivity contribution is 5.81. The molecule has 0 unspecified atom stereocenters. The molecule has 2 aromatic carbocycles. The Labute approximate surface area is 224 Å². The summed E-state index contributed by atoms with van der Waals surface area (Å²) in [5.41, 5.74) is 2.48. The molecule has 12 heteroatoms. The van der Waals surface area contributed by atoms with E-state index in [1.807, 2.05) is 12.1 Å². The maximum absolute atomic E-state index is 14.7. The fraction of sp³-hybridized carbons (Fsp3) is 0.0714. The number of halogens is 4. The number of pyridine rings is 2. The standard InChI is InChI=1S/C28H19F4N7O/c1-39-24-7-5-18(40-19-8-10-34-23(13-19)26-35-15-25(38-26)28(30,31)32)12-22(24)37-27(39)36-21-11-16(4-6-20(21)29)17-3-2-9-33-14-17/h2-15H,1H3,(H,35,38)(H,36,37). The van der Waals surface area contributed by atoms with E-state index in [1.165, 1.54) is 18.3 Å². The van der Waals surface area contributed by atoms with E-state index in [0.717, 1.165) is 16.6 Å². The van der Waals surface area contributed by atoms with E-state index >= 15 is 0 Å². The summed E-state index contributed by atoms with van der Waals surface area (Å²) in [5, 5.41) is 3.06. The van der Waals surface area contributed by atoms with Crippen LogP contribution >= 0.6 is 0 Å². The van der Waals surface area contributed by atoms with E-state index in [0.29, 0.717) is 29.2 Å². The van der Waals surface area contributed by atoms with Crippen molar-refractivity contribution in [3.63, 3.8) is 0 Å². The molecule has 0 atom stereocenters. The van der Waals surface area contributed by atoms with E-state index < -0.39 is 17.7 Å². The van der Waals surface area contributed by atoms with E-state index in [9.17, 15) is 17.6 Å². The Morgan fingerprint density at radius 3 is 2.52 bits per heavy atom. The molecule has 6 aromatic rings. The lowest BCUT2D eigenvalue weighted by molar-refractivity contribution is -0.140. The Kier molecular flexibility index (Phi) is 6.14. The molecule has 2 N–H and O–H groups in total. The number of aryl methyl sites for hydroxylation is 1. The molecule has 0 aliphatic heterocycles. The number of rotatable bonds is 6. The number of aromatic amines is 1. The summed E-state index contributed by atoms with van der Waals surface area (Å²) in [6, 6.07) is 16.7. The molecule has 0 saturated carbocycles. The molecule has 0 aliphatic rings. The van der Waals surface area contributed by atoms with Gasteiger partial charge in [-0.25, -0.2) is 14.4 Å². The molecule has 0 aliphatic carbocycles. The second-order valence-electron chi connectivity index (χ2n) is 8.83. The quantitative estimate of drug-likeness (QED) is 0.217. The van der Waals surface area contributed by atoms with Gasteiger partial charge in [0, 0.05) is 43.3 Å². The van der Waals surface area contributed by atoms with Crippen molar-refractivity contribution in [2.45, 2.75) is 6.18 Å². The first-order valence-electron chi connectivity index (χ1n) is 11.9. The predicted molar refractivity (Wildman–Crippen MR) is 141 cm³/mol. The zero-order chi connectivity index (χ0) is 27.9. The van der Waals surface area contributed by atoms with Crippen molar-refractivity contribution in [3.8, 4) is 34.1 Å². The Morgan fingerprint density at radius 1 is 0.900 bits per heavy atom. The number of hydrogen-bond donors (Lipinski definition) is 2. The molecule has 0 bridgehead atoms. The molecule has 8 nitrogen and oxygen atoms in total. The lowest BCUT2D eigenvalue weighted by atomic mass is 10.1. The van der Waals surface area contributed by atoms with E-state index in [-0.39, 0.29) is 17.2 Å². The van der Waals surface area contributed by atoms with E-state index in [4.69, 9.17) is 4.74 Å². The van der Waals surface area contributed by atoms with Crippen molar-refractivity contribution in [2.75, 3.05) is 5.32 Å². The van der Waals surface area contributed by atoms with E-state index in [2.05, 4.69) is 30.2 Å². The SMILES string of the molecule is Cn1c(Nc2cc(-c3cccnc3)ccc2F)nc2cc(Oc3ccnc(-c4ncc(C(F)(F)F)[nH]4)c3)ccc21. The van der Waals surface area contributed by atoms with E-state index in [1.54, 1.807) is 60.4 Å². The summed E-state index contributed by atoms with van der Waals surface area (Å²) in [6.45, 7) is 0. The number of ether oxygens (including phenoxy) is 1. The number of fused-ring (bicyclic) bond motifs is 1. The van der Waals surface area contributed by atoms with Crippen LogP contribution in [0.2, 0.25) is 0 Å². The molecule has 40 heavy (non-hydrogen) atoms. The molecule has 6 rings (SSSR count). The van der Waals surface area contributed by atoms with Crippen molar-refractivity contribution in [1.82, 2.24) is 29.5 Å². The van der Waals surface area contributed by atoms with Gasteiger partial charge in [-0.05, 0) is 42.0 Å². The normalized spacial score (nSPS) is 11.6. The number of nitrogens with one attached hydrogen (secondary N) is 2. The van der Waals surface area contributed by atoms with Crippen LogP contribution in [-0.2, 0) is 13.2 Å². The predicted octanol–water partition coefficient (Wildman–Crippen LogP) is 7.11. The zero-order valence-corrected chi connectivity index (χ0v) is 20.7. The first kappa shape index (κ1) is 25.0. The minimum absolute atomic E-state index is 0.0338. The van der Waals surface area contributed by atoms with Crippen molar-refractivity contribution in [3.05, 3.63) is 97.0 Å². The smallest absolute Gasteiger partial charge is 0.432 e. The summed E-state index contributed by atoms with van der Waals surface area (Å²) < 4.78 is 61.2. The van der Waals surface area contributed by atoms with Gasteiger partial charge in [0.2, 0.25) is 5.95 Å². The summed E-state index contributed by atoms with van der Waals surface area (Å²) in [6.07, 6.45) is 0.957. The molecule has 200 valence electrons. The van der Waals surface area contributed by atoms with Gasteiger partial charge in [-0.3, -0.25) is 9.97 Å². The number of hydrogen-bond acceptors (Lipinski definition) is 6. The van der Waals surface area contributed by atoms with Gasteiger partial charge in [-0.2, -0.15) is 13.2 Å². The Bertz CT molecular complexity index is 1830. The topological polar surface area (TPSA) is 93.5 Å². The summed E-state index contributed by atoms with van der Waals surface area (Å²) in [5.74, 6) is 0.732. The molecule has 0 fully saturated rings. The maximum atomic E-state index is 14.7. The van der Waals surface area contributed by atoms with Crippen molar-refractivity contribution in [1.29, 1.82) is 0 Å². The monoisotopic (exact) mass is 545 g/mol. The van der Waals surface area contributed by atoms with Crippen LogP contribution in [0.1, 0.15) is 5.69 Å². The zero-order valence-electron chi connectivity index (χ0n) is 20.7. The summed E-state index contributed by atoms with van der Waals surface area (Å²) >= 11 is 0. The minimum atomic E-state index is -4.54. The summed E-state index contributed by atoms with van der Waals surface area (Å²) in [7, 11) is 1.80. The number of nitrogens with zero attached hydrogens (tertiary/aromatic N) is 5. The number of alkyl halides is 3. The van der Waals surface area contributed by atoms with Gasteiger partial charge in [0.1, 0.15) is 28.7 Å². The first-order valence-corrected chi connectivity index (χ1v) is 11.9. The van der Waals surface area contributed by atoms with Crippen LogP contribution in [-0.4, -0.2) is 29.5 Å². The van der Waals surface area contributed by atoms with Crippen LogP contribution in [0.5, 0.6) is 11.5 Å². The molecule has 0 radical (unpaired) electrons. The van der Waals surface area contributed by atoms with Gasteiger partial charge in [-0.15, -0.1) is 0 Å². The highest BCUT2D eigenvalue weighted by Gasteiger charge is 2.33. The maximum Gasteiger partial charge on any atom is 0.432 e. The average Bonchev–Trinajstić information content (AvgIpc) is 3.56. The highest BCUT2D eigenvalue weighted by Crippen LogP contribution is 2.32. The molecule has 4 aromatic heterocycles. The molecule has 0 saturated heterocycles. The number of aromatic nitrogens is 6. The second-order valence-corrected chi connectivity index (χ2v) is 8.83. The number of benzene rings is 2. The lowest BCUT2D eigenvalue weighted by Gasteiger charge is -2.10. The number of imidazole rings is 2. The van der Waals surface area contributed by atoms with Crippen LogP contribution in [0.15, 0.2) is 85.5 Å². The van der Waals surface area contributed by atoms with Gasteiger partial charge in [0.05, 0.1) is 22.9 Å². The van der Waals surface area contributed by atoms with Crippen LogP contribution in [0.25, 0.3) is 33.7 Å². The third kappa shape index (κ3) is 4.94. The van der Waals surface area contributed by atoms with Gasteiger partial charge in [-0.1, -0.05) is 12.1 Å². The third-order valence-corrected chi connectivity index (χ3v) is 6.15. The van der Waals surface area contributed by atoms with Crippen molar-refractivity contribution in [2.24, 2.45) is 7.05 Å². The minimum Gasteiger partial charge on any atom is -0.457 e. The second kappa shape index (κ2) is 9.80. The molecule has 4 heterocycles. The highest BCUT2D eigenvalue weighted by atomic mass is 19.4. The first-order chi connectivity index (χ1) is 19.2. The van der Waals surface area contributed by atoms with Crippen molar-refractivity contribution < 1.29 is 22.3 Å². The fourth-order valence-corrected chi connectivity index (χ4v) is 4.15. The fourth-order valence-electron chi connectivity index (χ4n) is 4.15. The van der Waals surface area contributed by atoms with Gasteiger partial charge in [0.25, 0.3) is 0 Å². The Hall–Kier alpha value is -5.26.